The van der Waals surface area contributed by atoms with Gasteiger partial charge >= 0.3 is 0 Å². The molecule has 3 rings (SSSR count). The molecule has 0 aromatic heterocycles. The number of Topliss-reactive ketones (excluding diaryl/α,β-unsaturated/α-hetero) is 1. The number of carbonyl (C=O) groups excluding carboxylic acids is 1. The van der Waals surface area contributed by atoms with Crippen molar-refractivity contribution in [3.05, 3.63) is 65.2 Å². The molecule has 132 valence electrons. The number of rotatable bonds is 6. The molecule has 1 N–H and O–H groups in total. The number of fused-ring (bicyclic) bond motifs is 1. The van der Waals surface area contributed by atoms with E-state index < -0.39 is 6.10 Å². The zero-order valence-electron chi connectivity index (χ0n) is 14.6. The van der Waals surface area contributed by atoms with E-state index in [1.165, 1.54) is 5.56 Å². The minimum absolute atomic E-state index is 0.154. The van der Waals surface area contributed by atoms with Gasteiger partial charge in [0.2, 0.25) is 0 Å². The highest BCUT2D eigenvalue weighted by atomic mass is 16.5. The highest BCUT2D eigenvalue weighted by Crippen LogP contribution is 2.23. The molecule has 0 amide bonds. The molecule has 0 aliphatic carbocycles. The highest BCUT2D eigenvalue weighted by molar-refractivity contribution is 5.96. The molecular weight excluding hydrogens is 314 g/mol. The molecular formula is C21H25NO3. The van der Waals surface area contributed by atoms with Crippen LogP contribution in [-0.2, 0) is 6.42 Å². The first-order chi connectivity index (χ1) is 12.2. The monoisotopic (exact) mass is 339 g/mol. The number of hydrogen-bond acceptors (Lipinski definition) is 4. The molecule has 0 fully saturated rings. The fourth-order valence-corrected chi connectivity index (χ4v) is 3.39. The minimum atomic E-state index is -0.448. The van der Waals surface area contributed by atoms with E-state index in [1.807, 2.05) is 42.5 Å². The first-order valence-corrected chi connectivity index (χ1v) is 8.83. The van der Waals surface area contributed by atoms with Crippen LogP contribution < -0.4 is 4.74 Å². The number of aliphatic hydroxyl groups excluding tert-OH is 1. The van der Waals surface area contributed by atoms with Gasteiger partial charge in [0.05, 0.1) is 13.2 Å². The summed E-state index contributed by atoms with van der Waals surface area (Å²) in [6.45, 7) is 2.38. The van der Waals surface area contributed by atoms with Crippen molar-refractivity contribution >= 4 is 5.78 Å². The average Bonchev–Trinajstić information content (AvgIpc) is 2.81. The van der Waals surface area contributed by atoms with Crippen molar-refractivity contribution < 1.29 is 14.6 Å². The average molecular weight is 339 g/mol. The second-order valence-corrected chi connectivity index (χ2v) is 6.52. The third-order valence-corrected chi connectivity index (χ3v) is 4.83. The summed E-state index contributed by atoms with van der Waals surface area (Å²) in [6.07, 6.45) is 1.82. The molecule has 4 heteroatoms. The van der Waals surface area contributed by atoms with E-state index >= 15 is 0 Å². The van der Waals surface area contributed by atoms with Gasteiger partial charge in [-0.2, -0.15) is 0 Å². The Labute approximate surface area is 149 Å². The largest absolute Gasteiger partial charge is 0.497 e. The van der Waals surface area contributed by atoms with Crippen molar-refractivity contribution in [2.24, 2.45) is 0 Å². The predicted octanol–water partition coefficient (Wildman–Crippen LogP) is 3.25. The molecule has 2 aromatic carbocycles. The van der Waals surface area contributed by atoms with Crippen LogP contribution in [0.3, 0.4) is 0 Å². The van der Waals surface area contributed by atoms with E-state index in [9.17, 15) is 9.90 Å². The van der Waals surface area contributed by atoms with Gasteiger partial charge in [0.25, 0.3) is 0 Å². The number of aliphatic hydroxyl groups is 1. The zero-order valence-corrected chi connectivity index (χ0v) is 14.6. The van der Waals surface area contributed by atoms with Crippen molar-refractivity contribution in [3.63, 3.8) is 0 Å². The van der Waals surface area contributed by atoms with Gasteiger partial charge in [-0.1, -0.05) is 24.3 Å². The minimum Gasteiger partial charge on any atom is -0.497 e. The van der Waals surface area contributed by atoms with Crippen molar-refractivity contribution in [1.82, 2.24) is 4.90 Å². The van der Waals surface area contributed by atoms with E-state index in [1.54, 1.807) is 7.11 Å². The van der Waals surface area contributed by atoms with E-state index in [0.29, 0.717) is 13.0 Å². The number of hydrogen-bond donors (Lipinski definition) is 1. The molecule has 1 aliphatic heterocycles. The molecule has 0 spiro atoms. The van der Waals surface area contributed by atoms with Crippen molar-refractivity contribution in [1.29, 1.82) is 0 Å². The first kappa shape index (κ1) is 17.6. The van der Waals surface area contributed by atoms with Crippen LogP contribution in [-0.4, -0.2) is 42.5 Å². The molecule has 0 bridgehead atoms. The third-order valence-electron chi connectivity index (χ3n) is 4.83. The van der Waals surface area contributed by atoms with Crippen LogP contribution >= 0.6 is 0 Å². The first-order valence-electron chi connectivity index (χ1n) is 8.83. The van der Waals surface area contributed by atoms with Gasteiger partial charge in [-0.15, -0.1) is 0 Å². The van der Waals surface area contributed by atoms with Gasteiger partial charge in [0.15, 0.2) is 5.78 Å². The van der Waals surface area contributed by atoms with E-state index in [4.69, 9.17) is 4.74 Å². The van der Waals surface area contributed by atoms with Gasteiger partial charge in [0, 0.05) is 25.1 Å². The number of nitrogens with zero attached hydrogens (tertiary/aromatic N) is 1. The third kappa shape index (κ3) is 4.47. The lowest BCUT2D eigenvalue weighted by Gasteiger charge is -2.21. The number of methoxy groups -OCH3 is 1. The SMILES string of the molecule is COc1ccc(C(=O)CCCN2CCc3ccccc3C(O)C2)cc1. The fraction of sp³-hybridized carbons (Fsp3) is 0.381. The van der Waals surface area contributed by atoms with Crippen LogP contribution in [0.1, 0.15) is 40.4 Å². The summed E-state index contributed by atoms with van der Waals surface area (Å²) in [5, 5.41) is 10.4. The Morgan fingerprint density at radius 3 is 2.72 bits per heavy atom. The van der Waals surface area contributed by atoms with Crippen LogP contribution in [0.2, 0.25) is 0 Å². The molecule has 2 aromatic rings. The van der Waals surface area contributed by atoms with Gasteiger partial charge in [0.1, 0.15) is 5.75 Å². The van der Waals surface area contributed by atoms with Crippen LogP contribution in [0.15, 0.2) is 48.5 Å². The Bertz CT molecular complexity index is 711. The number of ether oxygens (including phenoxy) is 1. The van der Waals surface area contributed by atoms with E-state index in [0.717, 1.165) is 42.8 Å². The summed E-state index contributed by atoms with van der Waals surface area (Å²) >= 11 is 0. The topological polar surface area (TPSA) is 49.8 Å². The highest BCUT2D eigenvalue weighted by Gasteiger charge is 2.20. The number of carbonyl (C=O) groups is 1. The van der Waals surface area contributed by atoms with Crippen molar-refractivity contribution in [3.8, 4) is 5.75 Å². The molecule has 0 radical (unpaired) electrons. The maximum Gasteiger partial charge on any atom is 0.162 e. The Hall–Kier alpha value is -2.17. The summed E-state index contributed by atoms with van der Waals surface area (Å²) in [5.74, 6) is 0.913. The van der Waals surface area contributed by atoms with Crippen LogP contribution in [0.25, 0.3) is 0 Å². The molecule has 1 heterocycles. The second kappa shape index (κ2) is 8.28. The normalized spacial score (nSPS) is 17.6. The Morgan fingerprint density at radius 2 is 1.96 bits per heavy atom. The zero-order chi connectivity index (χ0) is 17.6. The predicted molar refractivity (Wildman–Crippen MR) is 98.1 cm³/mol. The molecule has 4 nitrogen and oxygen atoms in total. The Balaban J connectivity index is 1.50. The summed E-state index contributed by atoms with van der Waals surface area (Å²) < 4.78 is 5.12. The van der Waals surface area contributed by atoms with Crippen LogP contribution in [0.5, 0.6) is 5.75 Å². The standard InChI is InChI=1S/C21H25NO3/c1-25-18-10-8-17(9-11-18)20(23)7-4-13-22-14-12-16-5-2-3-6-19(16)21(24)15-22/h2-3,5-6,8-11,21,24H,4,7,12-15H2,1H3. The molecule has 0 saturated carbocycles. The van der Waals surface area contributed by atoms with E-state index in [-0.39, 0.29) is 5.78 Å². The lowest BCUT2D eigenvalue weighted by molar-refractivity contribution is 0.0962. The van der Waals surface area contributed by atoms with Gasteiger partial charge in [-0.05, 0) is 54.8 Å². The summed E-state index contributed by atoms with van der Waals surface area (Å²) in [7, 11) is 1.62. The van der Waals surface area contributed by atoms with Gasteiger partial charge < -0.3 is 14.7 Å². The number of ketones is 1. The Kier molecular flexibility index (Phi) is 5.84. The number of β-amino-alcohol motifs (C(OH)–C–C–N with tert-alkyl or cyclic N) is 1. The summed E-state index contributed by atoms with van der Waals surface area (Å²) in [5.41, 5.74) is 3.00. The maximum atomic E-state index is 12.3. The summed E-state index contributed by atoms with van der Waals surface area (Å²) in [4.78, 5) is 14.5. The molecule has 1 unspecified atom stereocenters. The van der Waals surface area contributed by atoms with Crippen LogP contribution in [0, 0.1) is 0 Å². The lowest BCUT2D eigenvalue weighted by Crippen LogP contribution is -2.29. The van der Waals surface area contributed by atoms with Crippen molar-refractivity contribution in [2.75, 3.05) is 26.7 Å². The summed E-state index contributed by atoms with van der Waals surface area (Å²) in [6, 6.07) is 15.4. The van der Waals surface area contributed by atoms with Crippen LogP contribution in [0.4, 0.5) is 0 Å². The van der Waals surface area contributed by atoms with Gasteiger partial charge in [-0.3, -0.25) is 4.79 Å². The molecule has 1 atom stereocenters. The lowest BCUT2D eigenvalue weighted by atomic mass is 10.0. The van der Waals surface area contributed by atoms with Crippen molar-refractivity contribution in [2.45, 2.75) is 25.4 Å². The maximum absolute atomic E-state index is 12.3. The number of benzene rings is 2. The second-order valence-electron chi connectivity index (χ2n) is 6.52. The molecule has 0 saturated heterocycles. The quantitative estimate of drug-likeness (QED) is 0.821. The molecule has 25 heavy (non-hydrogen) atoms. The Morgan fingerprint density at radius 1 is 1.20 bits per heavy atom. The smallest absolute Gasteiger partial charge is 0.162 e. The fourth-order valence-electron chi connectivity index (χ4n) is 3.39. The van der Waals surface area contributed by atoms with E-state index in [2.05, 4.69) is 11.0 Å². The molecule has 1 aliphatic rings. The van der Waals surface area contributed by atoms with Gasteiger partial charge in [-0.25, -0.2) is 0 Å².